The lowest BCUT2D eigenvalue weighted by atomic mass is 10.3. The predicted octanol–water partition coefficient (Wildman–Crippen LogP) is 13.1. The van der Waals surface area contributed by atoms with E-state index < -0.39 is 69.4 Å². The van der Waals surface area contributed by atoms with Crippen molar-refractivity contribution in [1.82, 2.24) is 0 Å². The highest BCUT2D eigenvalue weighted by Gasteiger charge is 2.13. The van der Waals surface area contributed by atoms with Crippen molar-refractivity contribution >= 4 is 124 Å². The normalized spacial score (nSPS) is 11.2. The Bertz CT molecular complexity index is 2330. The lowest BCUT2D eigenvalue weighted by molar-refractivity contribution is 0.486. The van der Waals surface area contributed by atoms with Crippen molar-refractivity contribution < 1.29 is 57.0 Å². The predicted molar refractivity (Wildman–Crippen MR) is 208 cm³/mol. The highest BCUT2D eigenvalue weighted by molar-refractivity contribution is 7.28. The molecule has 7 rings (SSSR count). The number of phenols is 6. The zero-order valence-corrected chi connectivity index (χ0v) is 31.2. The minimum Gasteiger partial charge on any atom is -0.505 e. The van der Waals surface area contributed by atoms with Crippen LogP contribution in [0.2, 0.25) is 0 Å². The molecule has 0 spiro atoms. The van der Waals surface area contributed by atoms with Crippen molar-refractivity contribution in [3.05, 3.63) is 108 Å². The standard InChI is InChI=1S/C36H18F6O6S6/c37-13-1-19-31(43)20(2-13)50-23-5-15(39)6-24(33(23)45)52-27-9-17(41)10-28(35(27)47)54-30-12-18(42)11-29(36(30)48)53-26-8-16(40)7-25(34(26)46)51-22-4-14(38)3-21(49-19)32(22)44/h1-12,43-48H. The van der Waals surface area contributed by atoms with E-state index in [9.17, 15) is 57.0 Å². The SMILES string of the molecule is Oc1c2cc(F)cc1sc1cc(F)cc(sc3cc(F)cc(sc4cc(F)cc(sc5cc(F)cc(sc6cc(F)cc(s2)c6O)c5O)c4O)c3O)c1O. The van der Waals surface area contributed by atoms with Gasteiger partial charge >= 0.3 is 0 Å². The molecule has 0 fully saturated rings. The van der Waals surface area contributed by atoms with Gasteiger partial charge in [0.25, 0.3) is 0 Å². The molecule has 0 unspecified atom stereocenters. The van der Waals surface area contributed by atoms with E-state index >= 15 is 0 Å². The van der Waals surface area contributed by atoms with Crippen LogP contribution in [-0.2, 0) is 0 Å². The number of aromatic hydroxyl groups is 6. The maximum absolute atomic E-state index is 15.0. The molecule has 0 saturated carbocycles. The van der Waals surface area contributed by atoms with E-state index in [1.54, 1.807) is 0 Å². The first kappa shape index (κ1) is 37.3. The Morgan fingerprint density at radius 1 is 0.222 bits per heavy atom. The minimum atomic E-state index is -0.907. The fraction of sp³-hybridized carbons (Fsp3) is 0. The smallest absolute Gasteiger partial charge is 0.150 e. The van der Waals surface area contributed by atoms with Gasteiger partial charge in [0.15, 0.2) is 0 Å². The summed E-state index contributed by atoms with van der Waals surface area (Å²) >= 11 is 3.23. The van der Waals surface area contributed by atoms with Gasteiger partial charge in [0, 0.05) is 0 Å². The number of hydrogen-bond acceptors (Lipinski definition) is 12. The highest BCUT2D eigenvalue weighted by Crippen LogP contribution is 2.43. The average molecular weight is 853 g/mol. The Kier molecular flexibility index (Phi) is 10.2. The maximum atomic E-state index is 15.0. The van der Waals surface area contributed by atoms with Crippen molar-refractivity contribution in [2.45, 2.75) is 0 Å². The molecule has 12 bridgehead atoms. The molecule has 0 saturated heterocycles. The highest BCUT2D eigenvalue weighted by atomic mass is 32.1. The van der Waals surface area contributed by atoms with Crippen LogP contribution < -0.4 is 0 Å². The second-order valence-corrected chi connectivity index (χ2v) is 17.6. The van der Waals surface area contributed by atoms with Crippen LogP contribution in [-0.4, -0.2) is 30.6 Å². The second kappa shape index (κ2) is 14.7. The zero-order valence-electron chi connectivity index (χ0n) is 26.3. The zero-order chi connectivity index (χ0) is 38.6. The Morgan fingerprint density at radius 3 is 0.407 bits per heavy atom. The summed E-state index contributed by atoms with van der Waals surface area (Å²) in [6, 6.07) is 10.6. The minimum absolute atomic E-state index is 0.231. The van der Waals surface area contributed by atoms with Gasteiger partial charge in [-0.1, -0.05) is 0 Å². The summed E-state index contributed by atoms with van der Waals surface area (Å²) < 4.78 is 87.1. The van der Waals surface area contributed by atoms with Crippen LogP contribution in [0.25, 0.3) is 56.4 Å². The van der Waals surface area contributed by atoms with Gasteiger partial charge in [-0.3, -0.25) is 0 Å². The molecule has 1 heterocycles. The van der Waals surface area contributed by atoms with Gasteiger partial charge in [-0.15, -0.1) is 68.0 Å². The molecule has 54 heavy (non-hydrogen) atoms. The molecule has 0 radical (unpaired) electrons. The summed E-state index contributed by atoms with van der Waals surface area (Å²) in [7, 11) is 0. The van der Waals surface area contributed by atoms with E-state index in [0.29, 0.717) is 68.0 Å². The molecular weight excluding hydrogens is 835 g/mol. The Balaban J connectivity index is 1.72. The molecule has 276 valence electrons. The largest absolute Gasteiger partial charge is 0.505 e. The van der Waals surface area contributed by atoms with Crippen molar-refractivity contribution in [1.29, 1.82) is 0 Å². The quantitative estimate of drug-likeness (QED) is 0.0845. The summed E-state index contributed by atoms with van der Waals surface area (Å²) in [4.78, 5) is 0. The molecule has 6 nitrogen and oxygen atoms in total. The fourth-order valence-electron chi connectivity index (χ4n) is 4.95. The third kappa shape index (κ3) is 7.53. The molecule has 18 heteroatoms. The van der Waals surface area contributed by atoms with E-state index in [0.717, 1.165) is 72.8 Å². The Morgan fingerprint density at radius 2 is 0.315 bits per heavy atom. The summed E-state index contributed by atoms with van der Waals surface area (Å²) in [5.41, 5.74) is 0. The van der Waals surface area contributed by atoms with Crippen molar-refractivity contribution in [3.8, 4) is 34.5 Å². The molecule has 0 amide bonds. The van der Waals surface area contributed by atoms with Crippen LogP contribution in [0, 0.1) is 34.9 Å². The van der Waals surface area contributed by atoms with Crippen LogP contribution in [0.4, 0.5) is 26.3 Å². The molecule has 0 aliphatic carbocycles. The number of hydrogen-bond donors (Lipinski definition) is 6. The lowest BCUT2D eigenvalue weighted by Gasteiger charge is -2.04. The third-order valence-electron chi connectivity index (χ3n) is 7.35. The van der Waals surface area contributed by atoms with E-state index in [4.69, 9.17) is 0 Å². The third-order valence-corrected chi connectivity index (χ3v) is 13.7. The summed E-state index contributed by atoms with van der Waals surface area (Å²) in [5, 5.41) is 67.0. The van der Waals surface area contributed by atoms with Crippen molar-refractivity contribution in [2.75, 3.05) is 0 Å². The van der Waals surface area contributed by atoms with Crippen LogP contribution in [0.5, 0.6) is 34.5 Å². The van der Waals surface area contributed by atoms with E-state index in [2.05, 4.69) is 0 Å². The van der Waals surface area contributed by atoms with Gasteiger partial charge in [-0.05, 0) is 72.8 Å². The first-order chi connectivity index (χ1) is 25.6. The molecule has 0 aliphatic heterocycles. The molecule has 7 aromatic rings. The lowest BCUT2D eigenvalue weighted by Crippen LogP contribution is -1.78. The van der Waals surface area contributed by atoms with E-state index in [1.165, 1.54) is 0 Å². The first-order valence-corrected chi connectivity index (χ1v) is 19.8. The molecule has 0 aliphatic rings. The van der Waals surface area contributed by atoms with Gasteiger partial charge in [0.05, 0.1) is 56.4 Å². The van der Waals surface area contributed by atoms with Gasteiger partial charge in [-0.25, -0.2) is 26.3 Å². The number of halogens is 6. The first-order valence-electron chi connectivity index (χ1n) is 14.9. The summed E-state index contributed by atoms with van der Waals surface area (Å²) in [6.45, 7) is 0. The van der Waals surface area contributed by atoms with E-state index in [1.807, 2.05) is 0 Å². The van der Waals surface area contributed by atoms with Gasteiger partial charge in [0.2, 0.25) is 0 Å². The van der Waals surface area contributed by atoms with Crippen LogP contribution in [0.1, 0.15) is 0 Å². The number of phenolic OH excluding ortho intramolecular Hbond substituents is 6. The number of rotatable bonds is 0. The Labute approximate surface area is 321 Å². The van der Waals surface area contributed by atoms with Gasteiger partial charge in [-0.2, -0.15) is 0 Å². The second-order valence-electron chi connectivity index (χ2n) is 11.1. The van der Waals surface area contributed by atoms with Gasteiger partial charge < -0.3 is 30.6 Å². The van der Waals surface area contributed by atoms with Crippen LogP contribution in [0.3, 0.4) is 0 Å². The van der Waals surface area contributed by atoms with Crippen molar-refractivity contribution in [2.24, 2.45) is 0 Å². The van der Waals surface area contributed by atoms with E-state index in [-0.39, 0.29) is 56.4 Å². The summed E-state index contributed by atoms with van der Waals surface area (Å²) in [5.74, 6) is -8.98. The molecule has 6 aromatic carbocycles. The number of benzene rings is 6. The average Bonchev–Trinajstić information content (AvgIpc) is 3.09. The number of fused-ring (bicyclic) bond motifs is 12. The fourth-order valence-corrected chi connectivity index (χ4v) is 11.3. The topological polar surface area (TPSA) is 121 Å². The molecule has 6 N–H and O–H groups in total. The monoisotopic (exact) mass is 852 g/mol. The summed E-state index contributed by atoms with van der Waals surface area (Å²) in [6.07, 6.45) is 0. The van der Waals surface area contributed by atoms with Gasteiger partial charge in [0.1, 0.15) is 69.4 Å². The molecule has 1 aromatic heterocycles. The van der Waals surface area contributed by atoms with Crippen LogP contribution >= 0.6 is 68.0 Å². The van der Waals surface area contributed by atoms with Crippen molar-refractivity contribution in [3.63, 3.8) is 0 Å². The molecular formula is C36H18F6O6S6. The van der Waals surface area contributed by atoms with Crippen LogP contribution in [0.15, 0.2) is 72.8 Å². The molecule has 0 atom stereocenters. The maximum Gasteiger partial charge on any atom is 0.150 e. The Hall–Kier alpha value is -4.98.